The van der Waals surface area contributed by atoms with Gasteiger partial charge >= 0.3 is 6.03 Å². The molecule has 1 aliphatic rings. The van der Waals surface area contributed by atoms with Gasteiger partial charge in [0.2, 0.25) is 0 Å². The second kappa shape index (κ2) is 7.98. The second-order valence-electron chi connectivity index (χ2n) is 5.68. The molecule has 2 amide bonds. The third-order valence-electron chi connectivity index (χ3n) is 3.93. The molecule has 1 fully saturated rings. The molecule has 0 aliphatic heterocycles. The number of aliphatic hydroxyl groups is 1. The highest BCUT2D eigenvalue weighted by Gasteiger charge is 2.34. The molecule has 2 rings (SSSR count). The summed E-state index contributed by atoms with van der Waals surface area (Å²) in [5.41, 5.74) is -0.450. The van der Waals surface area contributed by atoms with Crippen LogP contribution in [0.15, 0.2) is 24.3 Å². The van der Waals surface area contributed by atoms with Gasteiger partial charge in [0.1, 0.15) is 11.6 Å². The number of rotatable bonds is 7. The summed E-state index contributed by atoms with van der Waals surface area (Å²) in [4.78, 5) is 11.8. The maximum Gasteiger partial charge on any atom is 0.315 e. The number of amides is 2. The Kier molecular flexibility index (Phi) is 6.00. The molecule has 22 heavy (non-hydrogen) atoms. The fraction of sp³-hybridized carbons (Fsp3) is 0.562. The van der Waals surface area contributed by atoms with Gasteiger partial charge < -0.3 is 20.5 Å². The minimum atomic E-state index is -0.450. The minimum Gasteiger partial charge on any atom is -0.494 e. The highest BCUT2D eigenvalue weighted by molar-refractivity contribution is 5.74. The summed E-state index contributed by atoms with van der Waals surface area (Å²) < 4.78 is 18.2. The first-order valence-corrected chi connectivity index (χ1v) is 7.69. The van der Waals surface area contributed by atoms with Crippen LogP contribution in [0.4, 0.5) is 9.18 Å². The molecule has 1 aromatic rings. The summed E-state index contributed by atoms with van der Waals surface area (Å²) in [6, 6.07) is 5.58. The van der Waals surface area contributed by atoms with Crippen molar-refractivity contribution < 1.29 is 19.0 Å². The number of halogens is 1. The third kappa shape index (κ3) is 4.87. The van der Waals surface area contributed by atoms with Gasteiger partial charge in [-0.15, -0.1) is 0 Å². The number of ether oxygens (including phenoxy) is 1. The number of carbonyl (C=O) groups is 1. The normalized spacial score (nSPS) is 16.3. The van der Waals surface area contributed by atoms with Crippen molar-refractivity contribution in [3.63, 3.8) is 0 Å². The van der Waals surface area contributed by atoms with Crippen molar-refractivity contribution in [3.8, 4) is 5.75 Å². The monoisotopic (exact) mass is 310 g/mol. The lowest BCUT2D eigenvalue weighted by atomic mass is 9.99. The summed E-state index contributed by atoms with van der Waals surface area (Å²) in [6.07, 6.45) is 4.37. The van der Waals surface area contributed by atoms with E-state index in [9.17, 15) is 14.3 Å². The van der Waals surface area contributed by atoms with Crippen LogP contribution in [0, 0.1) is 5.82 Å². The van der Waals surface area contributed by atoms with Crippen molar-refractivity contribution in [2.24, 2.45) is 0 Å². The zero-order valence-corrected chi connectivity index (χ0v) is 12.6. The van der Waals surface area contributed by atoms with Crippen LogP contribution in [0.25, 0.3) is 0 Å². The zero-order valence-electron chi connectivity index (χ0n) is 12.6. The van der Waals surface area contributed by atoms with Crippen LogP contribution in [-0.4, -0.2) is 36.4 Å². The number of hydrogen-bond acceptors (Lipinski definition) is 3. The number of carbonyl (C=O) groups excluding carboxylic acids is 1. The van der Waals surface area contributed by atoms with E-state index >= 15 is 0 Å². The molecule has 3 N–H and O–H groups in total. The molecule has 1 saturated carbocycles. The summed E-state index contributed by atoms with van der Waals surface area (Å²) in [6.45, 7) is 0.902. The van der Waals surface area contributed by atoms with E-state index in [2.05, 4.69) is 10.6 Å². The average Bonchev–Trinajstić information content (AvgIpc) is 2.98. The van der Waals surface area contributed by atoms with E-state index in [4.69, 9.17) is 4.74 Å². The predicted octanol–water partition coefficient (Wildman–Crippen LogP) is 2.20. The van der Waals surface area contributed by atoms with E-state index in [0.29, 0.717) is 25.3 Å². The first-order valence-electron chi connectivity index (χ1n) is 7.69. The van der Waals surface area contributed by atoms with Gasteiger partial charge in [0, 0.05) is 6.54 Å². The summed E-state index contributed by atoms with van der Waals surface area (Å²) in [5, 5.41) is 15.1. The van der Waals surface area contributed by atoms with E-state index in [1.165, 1.54) is 12.1 Å². The van der Waals surface area contributed by atoms with Crippen LogP contribution in [0.1, 0.15) is 32.1 Å². The highest BCUT2D eigenvalue weighted by atomic mass is 19.1. The number of benzene rings is 1. The number of hydrogen-bond donors (Lipinski definition) is 3. The van der Waals surface area contributed by atoms with Crippen LogP contribution in [0.2, 0.25) is 0 Å². The fourth-order valence-corrected chi connectivity index (χ4v) is 2.65. The van der Waals surface area contributed by atoms with Crippen LogP contribution in [-0.2, 0) is 0 Å². The largest absolute Gasteiger partial charge is 0.494 e. The Morgan fingerprint density at radius 2 is 1.95 bits per heavy atom. The van der Waals surface area contributed by atoms with Crippen LogP contribution in [0.3, 0.4) is 0 Å². The van der Waals surface area contributed by atoms with E-state index in [-0.39, 0.29) is 18.5 Å². The molecule has 0 heterocycles. The summed E-state index contributed by atoms with van der Waals surface area (Å²) in [5.74, 6) is 0.312. The van der Waals surface area contributed by atoms with Gasteiger partial charge in [0.25, 0.3) is 0 Å². The molecule has 1 aromatic carbocycles. The van der Waals surface area contributed by atoms with Gasteiger partial charge in [-0.1, -0.05) is 12.8 Å². The Bertz CT molecular complexity index is 473. The van der Waals surface area contributed by atoms with Crippen LogP contribution < -0.4 is 15.4 Å². The number of urea groups is 1. The molecule has 0 unspecified atom stereocenters. The van der Waals surface area contributed by atoms with Crippen molar-refractivity contribution in [2.45, 2.75) is 37.6 Å². The summed E-state index contributed by atoms with van der Waals surface area (Å²) in [7, 11) is 0. The minimum absolute atomic E-state index is 0.0197. The SMILES string of the molecule is O=C(NCCCOc1ccc(F)cc1)NC1(CO)CCCC1. The maximum atomic E-state index is 12.7. The topological polar surface area (TPSA) is 70.6 Å². The lowest BCUT2D eigenvalue weighted by molar-refractivity contribution is 0.162. The smallest absolute Gasteiger partial charge is 0.315 e. The quantitative estimate of drug-likeness (QED) is 0.676. The molecular weight excluding hydrogens is 287 g/mol. The van der Waals surface area contributed by atoms with Crippen molar-refractivity contribution >= 4 is 6.03 Å². The average molecular weight is 310 g/mol. The molecule has 6 heteroatoms. The number of nitrogens with one attached hydrogen (secondary N) is 2. The van der Waals surface area contributed by atoms with Gasteiger partial charge in [0.15, 0.2) is 0 Å². The number of aliphatic hydroxyl groups excluding tert-OH is 1. The Hall–Kier alpha value is -1.82. The third-order valence-corrected chi connectivity index (χ3v) is 3.93. The first-order chi connectivity index (χ1) is 10.6. The summed E-state index contributed by atoms with van der Waals surface area (Å²) >= 11 is 0. The molecule has 1 aliphatic carbocycles. The maximum absolute atomic E-state index is 12.7. The Balaban J connectivity index is 1.60. The molecule has 0 spiro atoms. The van der Waals surface area contributed by atoms with Crippen LogP contribution in [0.5, 0.6) is 5.75 Å². The van der Waals surface area contributed by atoms with E-state index < -0.39 is 5.54 Å². The first kappa shape index (κ1) is 16.5. The highest BCUT2D eigenvalue weighted by Crippen LogP contribution is 2.28. The van der Waals surface area contributed by atoms with Crippen molar-refractivity contribution in [1.82, 2.24) is 10.6 Å². The lowest BCUT2D eigenvalue weighted by Crippen LogP contribution is -2.53. The predicted molar refractivity (Wildman–Crippen MR) is 81.3 cm³/mol. The van der Waals surface area contributed by atoms with Gasteiger partial charge in [-0.3, -0.25) is 0 Å². The fourth-order valence-electron chi connectivity index (χ4n) is 2.65. The Morgan fingerprint density at radius 3 is 2.59 bits per heavy atom. The molecule has 0 saturated heterocycles. The second-order valence-corrected chi connectivity index (χ2v) is 5.68. The molecule has 0 aromatic heterocycles. The van der Waals surface area contributed by atoms with Gasteiger partial charge in [-0.25, -0.2) is 9.18 Å². The van der Waals surface area contributed by atoms with Crippen molar-refractivity contribution in [1.29, 1.82) is 0 Å². The zero-order chi connectivity index (χ0) is 15.8. The molecule has 5 nitrogen and oxygen atoms in total. The molecule has 0 atom stereocenters. The van der Waals surface area contributed by atoms with Gasteiger partial charge in [-0.2, -0.15) is 0 Å². The van der Waals surface area contributed by atoms with E-state index in [1.54, 1.807) is 12.1 Å². The van der Waals surface area contributed by atoms with Crippen molar-refractivity contribution in [3.05, 3.63) is 30.1 Å². The van der Waals surface area contributed by atoms with E-state index in [1.807, 2.05) is 0 Å². The Labute approximate surface area is 129 Å². The van der Waals surface area contributed by atoms with Crippen LogP contribution >= 0.6 is 0 Å². The van der Waals surface area contributed by atoms with Gasteiger partial charge in [-0.05, 0) is 43.5 Å². The van der Waals surface area contributed by atoms with Crippen molar-refractivity contribution in [2.75, 3.05) is 19.8 Å². The lowest BCUT2D eigenvalue weighted by Gasteiger charge is -2.27. The molecular formula is C16H23FN2O3. The Morgan fingerprint density at radius 1 is 1.27 bits per heavy atom. The molecule has 122 valence electrons. The molecule has 0 bridgehead atoms. The van der Waals surface area contributed by atoms with Gasteiger partial charge in [0.05, 0.1) is 18.8 Å². The molecule has 0 radical (unpaired) electrons. The standard InChI is InChI=1S/C16H23FN2O3/c17-13-4-6-14(7-5-13)22-11-3-10-18-15(21)19-16(12-20)8-1-2-9-16/h4-7,20H,1-3,8-12H2,(H2,18,19,21). The van der Waals surface area contributed by atoms with E-state index in [0.717, 1.165) is 25.7 Å².